The molecule has 0 unspecified atom stereocenters. The molecule has 3 fully saturated rings. The Bertz CT molecular complexity index is 1160. The van der Waals surface area contributed by atoms with E-state index in [1.54, 1.807) is 30.3 Å². The van der Waals surface area contributed by atoms with Gasteiger partial charge in [-0.3, -0.25) is 19.3 Å². The number of nitrogens with one attached hydrogen (secondary N) is 1. The lowest BCUT2D eigenvalue weighted by molar-refractivity contribution is -0.128. The molecule has 0 aromatic heterocycles. The van der Waals surface area contributed by atoms with Crippen LogP contribution in [0.25, 0.3) is 0 Å². The zero-order valence-electron chi connectivity index (χ0n) is 20.3. The second-order valence-corrected chi connectivity index (χ2v) is 9.61. The van der Waals surface area contributed by atoms with Gasteiger partial charge in [-0.05, 0) is 37.1 Å². The summed E-state index contributed by atoms with van der Waals surface area (Å²) in [6.45, 7) is 1.42. The molecular formula is C27H29F2N3O5. The highest BCUT2D eigenvalue weighted by Gasteiger charge is 2.54. The van der Waals surface area contributed by atoms with Crippen molar-refractivity contribution >= 4 is 17.7 Å². The number of hydrogen-bond acceptors (Lipinski definition) is 5. The van der Waals surface area contributed by atoms with Gasteiger partial charge in [0.25, 0.3) is 11.8 Å². The maximum absolute atomic E-state index is 14.2. The molecular weight excluding hydrogens is 484 g/mol. The summed E-state index contributed by atoms with van der Waals surface area (Å²) in [5, 5.41) is 2.91. The Morgan fingerprint density at radius 2 is 1.78 bits per heavy atom. The number of carbonyl (C=O) groups is 3. The third-order valence-corrected chi connectivity index (χ3v) is 7.32. The van der Waals surface area contributed by atoms with Gasteiger partial charge < -0.3 is 19.7 Å². The number of hydrogen-bond donors (Lipinski definition) is 1. The lowest BCUT2D eigenvalue weighted by Crippen LogP contribution is -2.60. The maximum Gasteiger partial charge on any atom is 0.256 e. The van der Waals surface area contributed by atoms with Gasteiger partial charge in [0.15, 0.2) is 0 Å². The normalized spacial score (nSPS) is 22.9. The van der Waals surface area contributed by atoms with E-state index in [1.807, 2.05) is 0 Å². The van der Waals surface area contributed by atoms with Crippen molar-refractivity contribution in [1.82, 2.24) is 15.1 Å². The quantitative estimate of drug-likeness (QED) is 0.665. The van der Waals surface area contributed by atoms with Crippen LogP contribution in [0.3, 0.4) is 0 Å². The molecule has 0 bridgehead atoms. The molecule has 196 valence electrons. The Hall–Kier alpha value is -3.37. The van der Waals surface area contributed by atoms with Crippen LogP contribution in [0.5, 0.6) is 0 Å². The van der Waals surface area contributed by atoms with Crippen LogP contribution in [0.4, 0.5) is 8.78 Å². The first-order valence-corrected chi connectivity index (χ1v) is 12.5. The van der Waals surface area contributed by atoms with Gasteiger partial charge in [-0.25, -0.2) is 8.78 Å². The number of ether oxygens (including phenoxy) is 2. The van der Waals surface area contributed by atoms with Crippen LogP contribution in [-0.2, 0) is 14.3 Å². The average molecular weight is 514 g/mol. The van der Waals surface area contributed by atoms with E-state index in [9.17, 15) is 23.2 Å². The van der Waals surface area contributed by atoms with E-state index < -0.39 is 29.3 Å². The monoisotopic (exact) mass is 513 g/mol. The fourth-order valence-corrected chi connectivity index (χ4v) is 5.32. The number of halogens is 2. The third-order valence-electron chi connectivity index (χ3n) is 7.32. The van der Waals surface area contributed by atoms with Gasteiger partial charge >= 0.3 is 0 Å². The van der Waals surface area contributed by atoms with Crippen LogP contribution in [-0.4, -0.2) is 78.2 Å². The second-order valence-electron chi connectivity index (χ2n) is 9.61. The summed E-state index contributed by atoms with van der Waals surface area (Å²) in [7, 11) is 0. The van der Waals surface area contributed by atoms with Crippen LogP contribution >= 0.6 is 0 Å². The fraction of sp³-hybridized carbons (Fsp3) is 0.444. The van der Waals surface area contributed by atoms with Crippen molar-refractivity contribution in [2.75, 3.05) is 32.8 Å². The molecule has 0 radical (unpaired) electrons. The Morgan fingerprint density at radius 1 is 1.03 bits per heavy atom. The van der Waals surface area contributed by atoms with Gasteiger partial charge in [-0.15, -0.1) is 0 Å². The summed E-state index contributed by atoms with van der Waals surface area (Å²) in [5.41, 5.74) is -0.874. The van der Waals surface area contributed by atoms with E-state index in [0.717, 1.165) is 25.0 Å². The molecule has 0 aliphatic carbocycles. The van der Waals surface area contributed by atoms with Crippen molar-refractivity contribution in [3.63, 3.8) is 0 Å². The molecule has 37 heavy (non-hydrogen) atoms. The minimum atomic E-state index is -1.09. The first-order chi connectivity index (χ1) is 17.9. The van der Waals surface area contributed by atoms with Gasteiger partial charge in [0.2, 0.25) is 5.91 Å². The molecule has 3 heterocycles. The SMILES string of the molecule is O=C(NC[C@@H]1CCCO1)[C@@H]1COC2(CCN(C(=O)c3ccc(F)cc3F)CC2)N1C(=O)c1ccccc1. The molecule has 8 nitrogen and oxygen atoms in total. The second kappa shape index (κ2) is 10.5. The molecule has 5 rings (SSSR count). The van der Waals surface area contributed by atoms with Gasteiger partial charge in [-0.2, -0.15) is 0 Å². The Kier molecular flexibility index (Phi) is 7.21. The number of carbonyl (C=O) groups excluding carboxylic acids is 3. The van der Waals surface area contributed by atoms with Crippen LogP contribution in [0.15, 0.2) is 48.5 Å². The van der Waals surface area contributed by atoms with Gasteiger partial charge in [0.1, 0.15) is 23.4 Å². The first kappa shape index (κ1) is 25.3. The molecule has 2 atom stereocenters. The van der Waals surface area contributed by atoms with E-state index in [2.05, 4.69) is 5.32 Å². The average Bonchev–Trinajstić information content (AvgIpc) is 3.56. The maximum atomic E-state index is 14.2. The van der Waals surface area contributed by atoms with Crippen LogP contribution in [0.2, 0.25) is 0 Å². The highest BCUT2D eigenvalue weighted by atomic mass is 19.1. The molecule has 2 aromatic carbocycles. The summed E-state index contributed by atoms with van der Waals surface area (Å²) >= 11 is 0. The lowest BCUT2D eigenvalue weighted by atomic mass is 9.96. The van der Waals surface area contributed by atoms with Crippen molar-refractivity contribution < 1.29 is 32.6 Å². The molecule has 0 saturated carbocycles. The van der Waals surface area contributed by atoms with Crippen molar-refractivity contribution in [2.24, 2.45) is 0 Å². The highest BCUT2D eigenvalue weighted by Crippen LogP contribution is 2.39. The number of piperidine rings is 1. The molecule has 3 aliphatic heterocycles. The van der Waals surface area contributed by atoms with Crippen LogP contribution < -0.4 is 5.32 Å². The van der Waals surface area contributed by atoms with Gasteiger partial charge in [0.05, 0.1) is 18.3 Å². The molecule has 2 aromatic rings. The molecule has 10 heteroatoms. The van der Waals surface area contributed by atoms with E-state index >= 15 is 0 Å². The molecule has 1 N–H and O–H groups in total. The van der Waals surface area contributed by atoms with E-state index in [4.69, 9.17) is 9.47 Å². The zero-order chi connectivity index (χ0) is 26.0. The molecule has 3 saturated heterocycles. The summed E-state index contributed by atoms with van der Waals surface area (Å²) in [6.07, 6.45) is 2.27. The Balaban J connectivity index is 1.34. The number of benzene rings is 2. The molecule has 3 aliphatic rings. The van der Waals surface area contributed by atoms with E-state index in [-0.39, 0.29) is 56.0 Å². The minimum absolute atomic E-state index is 0.0243. The van der Waals surface area contributed by atoms with Gasteiger partial charge in [-0.1, -0.05) is 18.2 Å². The van der Waals surface area contributed by atoms with Crippen molar-refractivity contribution in [3.05, 3.63) is 71.3 Å². The molecule has 3 amide bonds. The van der Waals surface area contributed by atoms with Crippen molar-refractivity contribution in [1.29, 1.82) is 0 Å². The standard InChI is InChI=1S/C27H29F2N3O5/c28-19-8-9-21(22(29)15-19)26(35)31-12-10-27(11-13-31)32(25(34)18-5-2-1-3-6-18)23(17-37-27)24(33)30-16-20-7-4-14-36-20/h1-3,5-6,8-9,15,20,23H,4,7,10-14,16-17H2,(H,30,33)/t20-,23-/m0/s1. The van der Waals surface area contributed by atoms with Crippen LogP contribution in [0, 0.1) is 11.6 Å². The minimum Gasteiger partial charge on any atom is -0.376 e. The largest absolute Gasteiger partial charge is 0.376 e. The zero-order valence-corrected chi connectivity index (χ0v) is 20.3. The highest BCUT2D eigenvalue weighted by molar-refractivity contribution is 5.98. The summed E-state index contributed by atoms with van der Waals surface area (Å²) in [6, 6.07) is 10.7. The molecule has 1 spiro atoms. The summed E-state index contributed by atoms with van der Waals surface area (Å²) < 4.78 is 39.3. The summed E-state index contributed by atoms with van der Waals surface area (Å²) in [4.78, 5) is 42.8. The predicted molar refractivity (Wildman–Crippen MR) is 129 cm³/mol. The predicted octanol–water partition coefficient (Wildman–Crippen LogP) is 2.73. The van der Waals surface area contributed by atoms with Gasteiger partial charge in [0, 0.05) is 50.7 Å². The van der Waals surface area contributed by atoms with Crippen molar-refractivity contribution in [2.45, 2.75) is 43.6 Å². The third kappa shape index (κ3) is 5.08. The smallest absolute Gasteiger partial charge is 0.256 e. The first-order valence-electron chi connectivity index (χ1n) is 12.5. The van der Waals surface area contributed by atoms with E-state index in [1.165, 1.54) is 9.80 Å². The Morgan fingerprint density at radius 3 is 2.46 bits per heavy atom. The number of rotatable bonds is 5. The lowest BCUT2D eigenvalue weighted by Gasteiger charge is -2.44. The number of amides is 3. The van der Waals surface area contributed by atoms with Crippen LogP contribution in [0.1, 0.15) is 46.4 Å². The fourth-order valence-electron chi connectivity index (χ4n) is 5.32. The topological polar surface area (TPSA) is 88.2 Å². The number of likely N-dealkylation sites (tertiary alicyclic amines) is 1. The Labute approximate surface area is 213 Å². The van der Waals surface area contributed by atoms with E-state index in [0.29, 0.717) is 24.8 Å². The van der Waals surface area contributed by atoms with Crippen molar-refractivity contribution in [3.8, 4) is 0 Å². The summed E-state index contributed by atoms with van der Waals surface area (Å²) in [5.74, 6) is -2.89. The number of nitrogens with zero attached hydrogens (tertiary/aromatic N) is 2.